The first-order valence-electron chi connectivity index (χ1n) is 9.27. The van der Waals surface area contributed by atoms with Crippen LogP contribution in [0, 0.1) is 5.92 Å². The molecule has 1 aromatic heterocycles. The zero-order chi connectivity index (χ0) is 19.2. The molecule has 140 valence electrons. The zero-order valence-electron chi connectivity index (χ0n) is 15.7. The summed E-state index contributed by atoms with van der Waals surface area (Å²) in [7, 11) is 0. The van der Waals surface area contributed by atoms with E-state index >= 15 is 0 Å². The summed E-state index contributed by atoms with van der Waals surface area (Å²) in [6.45, 7) is 4.78. The van der Waals surface area contributed by atoms with Gasteiger partial charge in [0.15, 0.2) is 5.69 Å². The number of esters is 1. The number of nitrogens with zero attached hydrogens (tertiary/aromatic N) is 2. The summed E-state index contributed by atoms with van der Waals surface area (Å²) in [5.74, 6) is -0.247. The van der Waals surface area contributed by atoms with Gasteiger partial charge in [-0.15, -0.1) is 0 Å². The van der Waals surface area contributed by atoms with E-state index in [1.807, 2.05) is 32.0 Å². The quantitative estimate of drug-likeness (QED) is 0.472. The van der Waals surface area contributed by atoms with Gasteiger partial charge < -0.3 is 4.74 Å². The molecule has 2 aromatic carbocycles. The van der Waals surface area contributed by atoms with E-state index in [-0.39, 0.29) is 17.2 Å². The lowest BCUT2D eigenvalue weighted by molar-refractivity contribution is 0.0493. The molecule has 0 saturated heterocycles. The molecule has 3 aromatic rings. The minimum Gasteiger partial charge on any atom is -0.461 e. The number of hydrogen-bond acceptors (Lipinski definition) is 4. The Morgan fingerprint density at radius 3 is 2.41 bits per heavy atom. The highest BCUT2D eigenvalue weighted by Crippen LogP contribution is 2.15. The van der Waals surface area contributed by atoms with Crippen LogP contribution < -0.4 is 5.56 Å². The molecule has 1 heterocycles. The second-order valence-electron chi connectivity index (χ2n) is 7.00. The van der Waals surface area contributed by atoms with Crippen molar-refractivity contribution in [2.75, 3.05) is 6.61 Å². The van der Waals surface area contributed by atoms with Gasteiger partial charge in [-0.3, -0.25) is 4.79 Å². The minimum absolute atomic E-state index is 0.181. The van der Waals surface area contributed by atoms with Crippen molar-refractivity contribution >= 4 is 16.7 Å². The van der Waals surface area contributed by atoms with Gasteiger partial charge in [-0.05, 0) is 30.4 Å². The molecule has 5 nitrogen and oxygen atoms in total. The summed E-state index contributed by atoms with van der Waals surface area (Å²) in [6.07, 6.45) is 1.58. The van der Waals surface area contributed by atoms with Crippen molar-refractivity contribution in [1.29, 1.82) is 0 Å². The van der Waals surface area contributed by atoms with Crippen LogP contribution in [-0.4, -0.2) is 22.4 Å². The number of fused-ring (bicyclic) bond motifs is 1. The van der Waals surface area contributed by atoms with Crippen LogP contribution >= 0.6 is 0 Å². The van der Waals surface area contributed by atoms with Gasteiger partial charge in [-0.1, -0.05) is 62.4 Å². The molecule has 0 unspecified atom stereocenters. The summed E-state index contributed by atoms with van der Waals surface area (Å²) < 4.78 is 6.81. The molecule has 0 amide bonds. The third-order valence-corrected chi connectivity index (χ3v) is 4.28. The molecule has 3 rings (SSSR count). The Morgan fingerprint density at radius 2 is 1.70 bits per heavy atom. The lowest BCUT2D eigenvalue weighted by Crippen LogP contribution is -2.28. The van der Waals surface area contributed by atoms with E-state index in [9.17, 15) is 9.59 Å². The SMILES string of the molecule is CC(C)Cn1nc(C(=O)OCCCc2ccccc2)c2ccccc2c1=O. The van der Waals surface area contributed by atoms with E-state index in [0.717, 1.165) is 12.8 Å². The number of hydrogen-bond donors (Lipinski definition) is 0. The highest BCUT2D eigenvalue weighted by molar-refractivity contribution is 6.02. The molecule has 0 radical (unpaired) electrons. The van der Waals surface area contributed by atoms with Gasteiger partial charge in [-0.2, -0.15) is 5.10 Å². The number of ether oxygens (including phenoxy) is 1. The van der Waals surface area contributed by atoms with Gasteiger partial charge in [0.25, 0.3) is 5.56 Å². The Morgan fingerprint density at radius 1 is 1.04 bits per heavy atom. The van der Waals surface area contributed by atoms with Crippen LogP contribution in [0.1, 0.15) is 36.3 Å². The van der Waals surface area contributed by atoms with Crippen molar-refractivity contribution in [2.45, 2.75) is 33.2 Å². The number of rotatable bonds is 7. The average molecular weight is 364 g/mol. The molecule has 0 bridgehead atoms. The van der Waals surface area contributed by atoms with Crippen LogP contribution in [0.25, 0.3) is 10.8 Å². The fraction of sp³-hybridized carbons (Fsp3) is 0.318. The van der Waals surface area contributed by atoms with Crippen LogP contribution in [0.4, 0.5) is 0 Å². The maximum Gasteiger partial charge on any atom is 0.359 e. The summed E-state index contributed by atoms with van der Waals surface area (Å²) in [4.78, 5) is 25.2. The second kappa shape index (κ2) is 8.62. The molecular weight excluding hydrogens is 340 g/mol. The molecular formula is C22H24N2O3. The summed E-state index contributed by atoms with van der Waals surface area (Å²) >= 11 is 0. The molecule has 0 aliphatic carbocycles. The van der Waals surface area contributed by atoms with Crippen LogP contribution in [0.2, 0.25) is 0 Å². The van der Waals surface area contributed by atoms with Gasteiger partial charge in [0.2, 0.25) is 0 Å². The first-order chi connectivity index (χ1) is 13.1. The van der Waals surface area contributed by atoms with Gasteiger partial charge >= 0.3 is 5.97 Å². The Balaban J connectivity index is 1.77. The van der Waals surface area contributed by atoms with Crippen molar-refractivity contribution in [3.05, 3.63) is 76.2 Å². The van der Waals surface area contributed by atoms with E-state index in [0.29, 0.717) is 23.9 Å². The van der Waals surface area contributed by atoms with Crippen molar-refractivity contribution in [1.82, 2.24) is 9.78 Å². The van der Waals surface area contributed by atoms with E-state index < -0.39 is 5.97 Å². The normalized spacial score (nSPS) is 11.1. The second-order valence-corrected chi connectivity index (χ2v) is 7.00. The van der Waals surface area contributed by atoms with Gasteiger partial charge in [0, 0.05) is 11.9 Å². The molecule has 0 saturated carbocycles. The van der Waals surface area contributed by atoms with Crippen molar-refractivity contribution in [2.24, 2.45) is 5.92 Å². The minimum atomic E-state index is -0.489. The fourth-order valence-electron chi connectivity index (χ4n) is 3.01. The van der Waals surface area contributed by atoms with Gasteiger partial charge in [-0.25, -0.2) is 9.48 Å². The molecule has 0 fully saturated rings. The first-order valence-corrected chi connectivity index (χ1v) is 9.27. The highest BCUT2D eigenvalue weighted by Gasteiger charge is 2.18. The Labute approximate surface area is 158 Å². The predicted molar refractivity (Wildman–Crippen MR) is 106 cm³/mol. The third kappa shape index (κ3) is 4.61. The first kappa shape index (κ1) is 18.8. The molecule has 27 heavy (non-hydrogen) atoms. The van der Waals surface area contributed by atoms with Crippen molar-refractivity contribution < 1.29 is 9.53 Å². The predicted octanol–water partition coefficient (Wildman–Crippen LogP) is 3.84. The lowest BCUT2D eigenvalue weighted by atomic mass is 10.1. The molecule has 5 heteroatoms. The lowest BCUT2D eigenvalue weighted by Gasteiger charge is -2.12. The average Bonchev–Trinajstić information content (AvgIpc) is 2.68. The number of aryl methyl sites for hydroxylation is 1. The van der Waals surface area contributed by atoms with E-state index in [2.05, 4.69) is 17.2 Å². The van der Waals surface area contributed by atoms with Crippen LogP contribution in [0.3, 0.4) is 0 Å². The topological polar surface area (TPSA) is 61.2 Å². The summed E-state index contributed by atoms with van der Waals surface area (Å²) in [5, 5.41) is 5.33. The third-order valence-electron chi connectivity index (χ3n) is 4.28. The van der Waals surface area contributed by atoms with Crippen molar-refractivity contribution in [3.8, 4) is 0 Å². The number of benzene rings is 2. The van der Waals surface area contributed by atoms with Crippen LogP contribution in [0.15, 0.2) is 59.4 Å². The number of carbonyl (C=O) groups is 1. The van der Waals surface area contributed by atoms with Crippen LogP contribution in [-0.2, 0) is 17.7 Å². The van der Waals surface area contributed by atoms with Gasteiger partial charge in [0.05, 0.1) is 12.0 Å². The monoisotopic (exact) mass is 364 g/mol. The molecule has 0 aliphatic heterocycles. The smallest absolute Gasteiger partial charge is 0.359 e. The van der Waals surface area contributed by atoms with E-state index in [1.54, 1.807) is 24.3 Å². The number of carbonyl (C=O) groups excluding carboxylic acids is 1. The maximum atomic E-state index is 12.6. The highest BCUT2D eigenvalue weighted by atomic mass is 16.5. The van der Waals surface area contributed by atoms with E-state index in [1.165, 1.54) is 10.2 Å². The Hall–Kier alpha value is -2.95. The fourth-order valence-corrected chi connectivity index (χ4v) is 3.01. The largest absolute Gasteiger partial charge is 0.461 e. The van der Waals surface area contributed by atoms with Crippen LogP contribution in [0.5, 0.6) is 0 Å². The Bertz CT molecular complexity index is 978. The maximum absolute atomic E-state index is 12.6. The van der Waals surface area contributed by atoms with Crippen molar-refractivity contribution in [3.63, 3.8) is 0 Å². The molecule has 0 atom stereocenters. The molecule has 0 spiro atoms. The molecule has 0 N–H and O–H groups in total. The summed E-state index contributed by atoms with van der Waals surface area (Å²) in [5.41, 5.74) is 1.23. The van der Waals surface area contributed by atoms with E-state index in [4.69, 9.17) is 4.74 Å². The molecule has 0 aliphatic rings. The summed E-state index contributed by atoms with van der Waals surface area (Å²) in [6, 6.07) is 17.1. The standard InChI is InChI=1S/C22H24N2O3/c1-16(2)15-24-21(25)19-13-7-6-12-18(19)20(23-24)22(26)27-14-8-11-17-9-4-3-5-10-17/h3-7,9-10,12-13,16H,8,11,14-15H2,1-2H3. The Kier molecular flexibility index (Phi) is 6.01. The zero-order valence-corrected chi connectivity index (χ0v) is 15.7. The number of aromatic nitrogens is 2. The van der Waals surface area contributed by atoms with Gasteiger partial charge in [0.1, 0.15) is 0 Å².